The Bertz CT molecular complexity index is 356. The minimum absolute atomic E-state index is 0.349. The van der Waals surface area contributed by atoms with Crippen LogP contribution in [0.3, 0.4) is 0 Å². The van der Waals surface area contributed by atoms with E-state index in [1.165, 1.54) is 0 Å². The van der Waals surface area contributed by atoms with Crippen LogP contribution in [-0.2, 0) is 11.3 Å². The van der Waals surface area contributed by atoms with Crippen molar-refractivity contribution in [3.63, 3.8) is 0 Å². The first-order valence-electron chi connectivity index (χ1n) is 6.33. The summed E-state index contributed by atoms with van der Waals surface area (Å²) >= 11 is 0. The van der Waals surface area contributed by atoms with Crippen molar-refractivity contribution in [2.45, 2.75) is 32.4 Å². The number of hydrogen-bond donors (Lipinski definition) is 1. The number of rotatable bonds is 3. The second-order valence-electron chi connectivity index (χ2n) is 4.53. The van der Waals surface area contributed by atoms with Crippen molar-refractivity contribution in [2.24, 2.45) is 0 Å². The van der Waals surface area contributed by atoms with E-state index in [9.17, 15) is 0 Å². The zero-order chi connectivity index (χ0) is 12.1. The van der Waals surface area contributed by atoms with Gasteiger partial charge in [0.2, 0.25) is 0 Å². The zero-order valence-corrected chi connectivity index (χ0v) is 10.4. The third kappa shape index (κ3) is 3.41. The van der Waals surface area contributed by atoms with Gasteiger partial charge in [0.1, 0.15) is 0 Å². The molecule has 0 bridgehead atoms. The Morgan fingerprint density at radius 1 is 1.59 bits per heavy atom. The Kier molecular flexibility index (Phi) is 4.34. The van der Waals surface area contributed by atoms with Gasteiger partial charge in [-0.2, -0.15) is 0 Å². The topological polar surface area (TPSA) is 51.4 Å². The average Bonchev–Trinajstić information content (AvgIpc) is 2.57. The summed E-state index contributed by atoms with van der Waals surface area (Å²) in [6, 6.07) is 3.78. The van der Waals surface area contributed by atoms with Crippen molar-refractivity contribution in [3.05, 3.63) is 24.0 Å². The average molecular weight is 235 g/mol. The molecule has 4 heteroatoms. The lowest BCUT2D eigenvalue weighted by atomic mass is 10.2. The fourth-order valence-electron chi connectivity index (χ4n) is 2.16. The summed E-state index contributed by atoms with van der Waals surface area (Å²) in [7, 11) is 0. The first-order chi connectivity index (χ1) is 8.29. The predicted octanol–water partition coefficient (Wildman–Crippen LogP) is 1.66. The molecule has 2 N–H and O–H groups in total. The molecule has 2 heterocycles. The molecule has 1 aliphatic rings. The second kappa shape index (κ2) is 5.98. The van der Waals surface area contributed by atoms with E-state index < -0.39 is 0 Å². The molecule has 0 aliphatic carbocycles. The Balaban J connectivity index is 2.00. The Morgan fingerprint density at radius 2 is 2.47 bits per heavy atom. The Morgan fingerprint density at radius 3 is 3.24 bits per heavy atom. The fraction of sp³-hybridized carbons (Fsp3) is 0.615. The molecular weight excluding hydrogens is 214 g/mol. The van der Waals surface area contributed by atoms with Crippen molar-refractivity contribution in [3.8, 4) is 0 Å². The number of nitrogens with zero attached hydrogens (tertiary/aromatic N) is 2. The van der Waals surface area contributed by atoms with Gasteiger partial charge in [-0.15, -0.1) is 0 Å². The number of aromatic nitrogens is 1. The lowest BCUT2D eigenvalue weighted by Crippen LogP contribution is -2.31. The van der Waals surface area contributed by atoms with E-state index in [0.29, 0.717) is 6.10 Å². The van der Waals surface area contributed by atoms with Crippen LogP contribution in [0.15, 0.2) is 18.3 Å². The van der Waals surface area contributed by atoms with Crippen LogP contribution in [0.2, 0.25) is 0 Å². The molecule has 0 radical (unpaired) electrons. The standard InChI is InChI=1S/C13H21N3O/c1-2-11-9-16(7-4-8-17-11)10-13-12(14)5-3-6-15-13/h3,5-6,11H,2,4,7-10,14H2,1H3. The molecule has 1 aromatic heterocycles. The van der Waals surface area contributed by atoms with Crippen LogP contribution in [0.4, 0.5) is 5.69 Å². The van der Waals surface area contributed by atoms with Crippen molar-refractivity contribution in [2.75, 3.05) is 25.4 Å². The van der Waals surface area contributed by atoms with Crippen LogP contribution in [0, 0.1) is 0 Å². The zero-order valence-electron chi connectivity index (χ0n) is 10.4. The molecule has 4 nitrogen and oxygen atoms in total. The first kappa shape index (κ1) is 12.3. The van der Waals surface area contributed by atoms with Gasteiger partial charge in [-0.25, -0.2) is 0 Å². The molecule has 94 valence electrons. The Labute approximate surface area is 103 Å². The molecule has 17 heavy (non-hydrogen) atoms. The minimum Gasteiger partial charge on any atom is -0.397 e. The van der Waals surface area contributed by atoms with E-state index in [2.05, 4.69) is 16.8 Å². The van der Waals surface area contributed by atoms with Crippen molar-refractivity contribution < 1.29 is 4.74 Å². The summed E-state index contributed by atoms with van der Waals surface area (Å²) in [6.45, 7) is 5.90. The molecule has 0 saturated carbocycles. The maximum atomic E-state index is 5.92. The molecule has 0 aromatic carbocycles. The number of hydrogen-bond acceptors (Lipinski definition) is 4. The van der Waals surface area contributed by atoms with Gasteiger partial charge in [-0.3, -0.25) is 9.88 Å². The summed E-state index contributed by atoms with van der Waals surface area (Å²) in [5, 5.41) is 0. The molecule has 0 amide bonds. The van der Waals surface area contributed by atoms with Crippen molar-refractivity contribution in [1.29, 1.82) is 0 Å². The lowest BCUT2D eigenvalue weighted by molar-refractivity contribution is 0.0509. The van der Waals surface area contributed by atoms with Gasteiger partial charge in [-0.05, 0) is 25.0 Å². The van der Waals surface area contributed by atoms with E-state index in [1.807, 2.05) is 12.1 Å². The van der Waals surface area contributed by atoms with Crippen LogP contribution < -0.4 is 5.73 Å². The molecule has 1 saturated heterocycles. The van der Waals surface area contributed by atoms with E-state index >= 15 is 0 Å². The van der Waals surface area contributed by atoms with Crippen LogP contribution >= 0.6 is 0 Å². The number of nitrogens with two attached hydrogens (primary N) is 1. The van der Waals surface area contributed by atoms with Crippen molar-refractivity contribution in [1.82, 2.24) is 9.88 Å². The van der Waals surface area contributed by atoms with Gasteiger partial charge >= 0.3 is 0 Å². The highest BCUT2D eigenvalue weighted by Crippen LogP contribution is 2.14. The van der Waals surface area contributed by atoms with E-state index in [4.69, 9.17) is 10.5 Å². The summed E-state index contributed by atoms with van der Waals surface area (Å²) in [5.41, 5.74) is 7.68. The predicted molar refractivity (Wildman–Crippen MR) is 68.6 cm³/mol. The molecule has 1 atom stereocenters. The molecule has 0 spiro atoms. The van der Waals surface area contributed by atoms with Crippen molar-refractivity contribution >= 4 is 5.69 Å². The Hall–Kier alpha value is -1.13. The van der Waals surface area contributed by atoms with Crippen LogP contribution in [-0.4, -0.2) is 35.7 Å². The highest BCUT2D eigenvalue weighted by Gasteiger charge is 2.18. The van der Waals surface area contributed by atoms with Gasteiger partial charge < -0.3 is 10.5 Å². The third-order valence-electron chi connectivity index (χ3n) is 3.19. The normalized spacial score (nSPS) is 22.3. The summed E-state index contributed by atoms with van der Waals surface area (Å²) in [6.07, 6.45) is 4.30. The molecule has 1 aromatic rings. The number of ether oxygens (including phenoxy) is 1. The number of pyridine rings is 1. The maximum absolute atomic E-state index is 5.92. The lowest BCUT2D eigenvalue weighted by Gasteiger charge is -2.23. The third-order valence-corrected chi connectivity index (χ3v) is 3.19. The van der Waals surface area contributed by atoms with Crippen LogP contribution in [0.25, 0.3) is 0 Å². The summed E-state index contributed by atoms with van der Waals surface area (Å²) in [4.78, 5) is 6.74. The van der Waals surface area contributed by atoms with Gasteiger partial charge in [-0.1, -0.05) is 6.92 Å². The molecule has 1 fully saturated rings. The highest BCUT2D eigenvalue weighted by molar-refractivity contribution is 5.41. The van der Waals surface area contributed by atoms with Crippen LogP contribution in [0.1, 0.15) is 25.5 Å². The maximum Gasteiger partial charge on any atom is 0.0772 e. The smallest absolute Gasteiger partial charge is 0.0772 e. The molecular formula is C13H21N3O. The monoisotopic (exact) mass is 235 g/mol. The summed E-state index contributed by atoms with van der Waals surface area (Å²) < 4.78 is 5.76. The molecule has 1 unspecified atom stereocenters. The van der Waals surface area contributed by atoms with Crippen LogP contribution in [0.5, 0.6) is 0 Å². The first-order valence-corrected chi connectivity index (χ1v) is 6.33. The number of nitrogen functional groups attached to an aromatic ring is 1. The second-order valence-corrected chi connectivity index (χ2v) is 4.53. The largest absolute Gasteiger partial charge is 0.397 e. The van der Waals surface area contributed by atoms with E-state index in [1.54, 1.807) is 6.20 Å². The SMILES string of the molecule is CCC1CN(Cc2ncccc2N)CCCO1. The van der Waals surface area contributed by atoms with Gasteiger partial charge in [0.05, 0.1) is 17.5 Å². The quantitative estimate of drug-likeness (QED) is 0.865. The summed E-state index contributed by atoms with van der Waals surface area (Å²) in [5.74, 6) is 0. The van der Waals surface area contributed by atoms with Gasteiger partial charge in [0.25, 0.3) is 0 Å². The fourth-order valence-corrected chi connectivity index (χ4v) is 2.16. The van der Waals surface area contributed by atoms with E-state index in [-0.39, 0.29) is 0 Å². The number of anilines is 1. The molecule has 2 rings (SSSR count). The van der Waals surface area contributed by atoms with E-state index in [0.717, 1.165) is 50.5 Å². The minimum atomic E-state index is 0.349. The van der Waals surface area contributed by atoms with Gasteiger partial charge in [0.15, 0.2) is 0 Å². The highest BCUT2D eigenvalue weighted by atomic mass is 16.5. The molecule has 1 aliphatic heterocycles. The van der Waals surface area contributed by atoms with Gasteiger partial charge in [0, 0.05) is 32.4 Å².